The zero-order valence-electron chi connectivity index (χ0n) is 8.19. The summed E-state index contributed by atoms with van der Waals surface area (Å²) < 4.78 is 12.8. The second-order valence-electron chi connectivity index (χ2n) is 3.38. The van der Waals surface area contributed by atoms with E-state index in [1.54, 1.807) is 4.90 Å². The molecule has 15 heavy (non-hydrogen) atoms. The highest BCUT2D eigenvalue weighted by Crippen LogP contribution is 2.09. The maximum absolute atomic E-state index is 12.8. The van der Waals surface area contributed by atoms with Crippen LogP contribution in [0.1, 0.15) is 16.8 Å². The summed E-state index contributed by atoms with van der Waals surface area (Å²) in [6, 6.07) is 2.70. The van der Waals surface area contributed by atoms with E-state index in [-0.39, 0.29) is 5.91 Å². The van der Waals surface area contributed by atoms with Crippen molar-refractivity contribution in [3.8, 4) is 0 Å². The molecule has 1 aromatic heterocycles. The van der Waals surface area contributed by atoms with Crippen molar-refractivity contribution in [3.63, 3.8) is 0 Å². The van der Waals surface area contributed by atoms with Gasteiger partial charge in [-0.3, -0.25) is 4.79 Å². The molecular formula is C11H11FN2O. The molecule has 4 heteroatoms. The SMILES string of the molecule is O=C(c1ccnc(F)c1)N1CC=CCC1. The van der Waals surface area contributed by atoms with E-state index >= 15 is 0 Å². The first-order valence-electron chi connectivity index (χ1n) is 4.83. The molecule has 0 saturated heterocycles. The van der Waals surface area contributed by atoms with E-state index in [2.05, 4.69) is 4.98 Å². The second-order valence-corrected chi connectivity index (χ2v) is 3.38. The average Bonchev–Trinajstić information content (AvgIpc) is 2.29. The Morgan fingerprint density at radius 3 is 3.00 bits per heavy atom. The Balaban J connectivity index is 2.16. The smallest absolute Gasteiger partial charge is 0.254 e. The van der Waals surface area contributed by atoms with Crippen molar-refractivity contribution < 1.29 is 9.18 Å². The minimum atomic E-state index is -0.617. The molecule has 0 spiro atoms. The maximum Gasteiger partial charge on any atom is 0.254 e. The van der Waals surface area contributed by atoms with Crippen molar-refractivity contribution in [3.05, 3.63) is 42.0 Å². The number of halogens is 1. The minimum Gasteiger partial charge on any atom is -0.335 e. The quantitative estimate of drug-likeness (QED) is 0.516. The van der Waals surface area contributed by atoms with E-state index in [0.29, 0.717) is 18.7 Å². The monoisotopic (exact) mass is 206 g/mol. The van der Waals surface area contributed by atoms with Crippen molar-refractivity contribution >= 4 is 5.91 Å². The van der Waals surface area contributed by atoms with Gasteiger partial charge >= 0.3 is 0 Å². The van der Waals surface area contributed by atoms with E-state index in [0.717, 1.165) is 6.42 Å². The van der Waals surface area contributed by atoms with Gasteiger partial charge < -0.3 is 4.90 Å². The van der Waals surface area contributed by atoms with E-state index in [4.69, 9.17) is 0 Å². The van der Waals surface area contributed by atoms with Crippen molar-refractivity contribution in [2.24, 2.45) is 0 Å². The summed E-state index contributed by atoms with van der Waals surface area (Å²) in [7, 11) is 0. The van der Waals surface area contributed by atoms with Crippen LogP contribution in [-0.2, 0) is 0 Å². The largest absolute Gasteiger partial charge is 0.335 e. The van der Waals surface area contributed by atoms with Gasteiger partial charge in [-0.15, -0.1) is 0 Å². The van der Waals surface area contributed by atoms with Crippen LogP contribution in [0, 0.1) is 5.95 Å². The summed E-state index contributed by atoms with van der Waals surface area (Å²) in [6.45, 7) is 1.29. The Morgan fingerprint density at radius 1 is 1.47 bits per heavy atom. The van der Waals surface area contributed by atoms with Crippen molar-refractivity contribution in [1.82, 2.24) is 9.88 Å². The van der Waals surface area contributed by atoms with Crippen LogP contribution in [-0.4, -0.2) is 28.9 Å². The lowest BCUT2D eigenvalue weighted by Crippen LogP contribution is -2.33. The zero-order chi connectivity index (χ0) is 10.7. The van der Waals surface area contributed by atoms with E-state index < -0.39 is 5.95 Å². The van der Waals surface area contributed by atoms with Crippen LogP contribution in [0.25, 0.3) is 0 Å². The first-order valence-corrected chi connectivity index (χ1v) is 4.83. The third kappa shape index (κ3) is 2.21. The van der Waals surface area contributed by atoms with Crippen LogP contribution in [0.15, 0.2) is 30.5 Å². The van der Waals surface area contributed by atoms with Gasteiger partial charge in [0.05, 0.1) is 0 Å². The molecular weight excluding hydrogens is 195 g/mol. The molecule has 2 rings (SSSR count). The number of nitrogens with zero attached hydrogens (tertiary/aromatic N) is 2. The molecule has 78 valence electrons. The lowest BCUT2D eigenvalue weighted by atomic mass is 10.2. The third-order valence-corrected chi connectivity index (χ3v) is 2.32. The molecule has 1 aliphatic rings. The predicted octanol–water partition coefficient (Wildman–Crippen LogP) is 1.62. The molecule has 0 aliphatic carbocycles. The van der Waals surface area contributed by atoms with Crippen LogP contribution >= 0.6 is 0 Å². The van der Waals surface area contributed by atoms with Crippen molar-refractivity contribution in [2.75, 3.05) is 13.1 Å². The number of aromatic nitrogens is 1. The Bertz CT molecular complexity index is 403. The van der Waals surface area contributed by atoms with Crippen LogP contribution in [0.4, 0.5) is 4.39 Å². The molecule has 0 radical (unpaired) electrons. The summed E-state index contributed by atoms with van der Waals surface area (Å²) in [5.41, 5.74) is 0.359. The zero-order valence-corrected chi connectivity index (χ0v) is 8.19. The molecule has 1 aromatic rings. The Morgan fingerprint density at radius 2 is 2.33 bits per heavy atom. The van der Waals surface area contributed by atoms with Crippen LogP contribution in [0.3, 0.4) is 0 Å². The summed E-state index contributed by atoms with van der Waals surface area (Å²) in [5.74, 6) is -0.756. The van der Waals surface area contributed by atoms with Gasteiger partial charge in [-0.1, -0.05) is 12.2 Å². The minimum absolute atomic E-state index is 0.138. The lowest BCUT2D eigenvalue weighted by Gasteiger charge is -2.23. The van der Waals surface area contributed by atoms with Gasteiger partial charge in [0.2, 0.25) is 5.95 Å². The standard InChI is InChI=1S/C11H11FN2O/c12-10-8-9(4-5-13-10)11(15)14-6-2-1-3-7-14/h1-2,4-5,8H,3,6-7H2. The number of carbonyl (C=O) groups excluding carboxylic acids is 1. The second kappa shape index (κ2) is 4.21. The summed E-state index contributed by atoms with van der Waals surface area (Å²) in [4.78, 5) is 17.0. The van der Waals surface area contributed by atoms with Crippen LogP contribution < -0.4 is 0 Å². The molecule has 0 atom stereocenters. The van der Waals surface area contributed by atoms with E-state index in [1.165, 1.54) is 18.3 Å². The highest BCUT2D eigenvalue weighted by molar-refractivity contribution is 5.94. The first-order chi connectivity index (χ1) is 7.27. The van der Waals surface area contributed by atoms with E-state index in [1.807, 2.05) is 12.2 Å². The van der Waals surface area contributed by atoms with Gasteiger partial charge in [-0.05, 0) is 12.5 Å². The van der Waals surface area contributed by atoms with Gasteiger partial charge in [-0.25, -0.2) is 4.98 Å². The lowest BCUT2D eigenvalue weighted by molar-refractivity contribution is 0.0770. The molecule has 0 fully saturated rings. The Labute approximate surface area is 87.2 Å². The molecule has 1 amide bonds. The topological polar surface area (TPSA) is 33.2 Å². The van der Waals surface area contributed by atoms with Gasteiger partial charge in [0.25, 0.3) is 5.91 Å². The Kier molecular flexibility index (Phi) is 2.76. The van der Waals surface area contributed by atoms with Gasteiger partial charge in [0.1, 0.15) is 0 Å². The molecule has 0 aromatic carbocycles. The molecule has 0 N–H and O–H groups in total. The number of carbonyl (C=O) groups is 1. The van der Waals surface area contributed by atoms with E-state index in [9.17, 15) is 9.18 Å². The molecule has 1 aliphatic heterocycles. The number of hydrogen-bond acceptors (Lipinski definition) is 2. The molecule has 0 saturated carbocycles. The third-order valence-electron chi connectivity index (χ3n) is 2.32. The molecule has 0 bridgehead atoms. The fraction of sp³-hybridized carbons (Fsp3) is 0.273. The summed E-state index contributed by atoms with van der Waals surface area (Å²) in [6.07, 6.45) is 6.15. The number of rotatable bonds is 1. The average molecular weight is 206 g/mol. The fourth-order valence-corrected chi connectivity index (χ4v) is 1.54. The highest BCUT2D eigenvalue weighted by Gasteiger charge is 2.16. The summed E-state index contributed by atoms with van der Waals surface area (Å²) in [5, 5.41) is 0. The Hall–Kier alpha value is -1.71. The predicted molar refractivity (Wildman–Crippen MR) is 53.9 cm³/mol. The summed E-state index contributed by atoms with van der Waals surface area (Å²) >= 11 is 0. The van der Waals surface area contributed by atoms with Gasteiger partial charge in [-0.2, -0.15) is 4.39 Å². The van der Waals surface area contributed by atoms with Crippen LogP contribution in [0.2, 0.25) is 0 Å². The highest BCUT2D eigenvalue weighted by atomic mass is 19.1. The number of amides is 1. The van der Waals surface area contributed by atoms with Crippen LogP contribution in [0.5, 0.6) is 0 Å². The molecule has 3 nitrogen and oxygen atoms in total. The van der Waals surface area contributed by atoms with Gasteiger partial charge in [0, 0.05) is 30.9 Å². The van der Waals surface area contributed by atoms with Crippen molar-refractivity contribution in [2.45, 2.75) is 6.42 Å². The first kappa shape index (κ1) is 9.83. The normalized spacial score (nSPS) is 15.4. The molecule has 2 heterocycles. The molecule has 0 unspecified atom stereocenters. The number of hydrogen-bond donors (Lipinski definition) is 0. The fourth-order valence-electron chi connectivity index (χ4n) is 1.54. The van der Waals surface area contributed by atoms with Gasteiger partial charge in [0.15, 0.2) is 0 Å². The maximum atomic E-state index is 12.8. The number of pyridine rings is 1. The van der Waals surface area contributed by atoms with Crippen molar-refractivity contribution in [1.29, 1.82) is 0 Å².